The molecule has 1 aromatic rings. The van der Waals surface area contributed by atoms with Crippen molar-refractivity contribution in [3.63, 3.8) is 0 Å². The Balaban J connectivity index is 2.88. The van der Waals surface area contributed by atoms with Crippen LogP contribution in [0.5, 0.6) is 0 Å². The number of ether oxygens (including phenoxy) is 1. The molecule has 1 aromatic carbocycles. The standard InChI is InChI=1S/C12H17ClN2O2/c1-8(7-17-3)15(2)12(16)9-4-10(13)6-11(14)5-9/h4-6,8H,7,14H2,1-3H3. The molecule has 0 aromatic heterocycles. The summed E-state index contributed by atoms with van der Waals surface area (Å²) in [5.41, 5.74) is 6.62. The van der Waals surface area contributed by atoms with Gasteiger partial charge in [-0.05, 0) is 25.1 Å². The Kier molecular flexibility index (Phi) is 4.78. The van der Waals surface area contributed by atoms with E-state index in [9.17, 15) is 4.79 Å². The van der Waals surface area contributed by atoms with Crippen molar-refractivity contribution in [3.05, 3.63) is 28.8 Å². The quantitative estimate of drug-likeness (QED) is 0.839. The van der Waals surface area contributed by atoms with Crippen molar-refractivity contribution in [2.24, 2.45) is 0 Å². The SMILES string of the molecule is COCC(C)N(C)C(=O)c1cc(N)cc(Cl)c1. The number of nitrogens with two attached hydrogens (primary N) is 1. The molecule has 4 nitrogen and oxygen atoms in total. The van der Waals surface area contributed by atoms with E-state index in [1.807, 2.05) is 6.92 Å². The maximum absolute atomic E-state index is 12.1. The second-order valence-corrected chi connectivity index (χ2v) is 4.43. The van der Waals surface area contributed by atoms with Crippen LogP contribution in [0, 0.1) is 0 Å². The van der Waals surface area contributed by atoms with Gasteiger partial charge in [0.25, 0.3) is 5.91 Å². The average Bonchev–Trinajstić information content (AvgIpc) is 2.26. The fourth-order valence-electron chi connectivity index (χ4n) is 1.49. The van der Waals surface area contributed by atoms with Crippen molar-refractivity contribution in [1.82, 2.24) is 4.90 Å². The smallest absolute Gasteiger partial charge is 0.254 e. The fourth-order valence-corrected chi connectivity index (χ4v) is 1.74. The summed E-state index contributed by atoms with van der Waals surface area (Å²) in [5.74, 6) is -0.122. The minimum atomic E-state index is -0.122. The van der Waals surface area contributed by atoms with E-state index < -0.39 is 0 Å². The highest BCUT2D eigenvalue weighted by molar-refractivity contribution is 6.31. The summed E-state index contributed by atoms with van der Waals surface area (Å²) in [5, 5.41) is 0.459. The molecule has 0 spiro atoms. The highest BCUT2D eigenvalue weighted by Crippen LogP contribution is 2.18. The van der Waals surface area contributed by atoms with Crippen molar-refractivity contribution < 1.29 is 9.53 Å². The average molecular weight is 257 g/mol. The first-order valence-electron chi connectivity index (χ1n) is 5.28. The van der Waals surface area contributed by atoms with Crippen LogP contribution in [0.25, 0.3) is 0 Å². The van der Waals surface area contributed by atoms with Crippen LogP contribution < -0.4 is 5.73 Å². The van der Waals surface area contributed by atoms with Gasteiger partial charge in [-0.1, -0.05) is 11.6 Å². The number of rotatable bonds is 4. The Labute approximate surface area is 106 Å². The minimum Gasteiger partial charge on any atom is -0.399 e. The third kappa shape index (κ3) is 3.61. The van der Waals surface area contributed by atoms with Crippen molar-refractivity contribution in [1.29, 1.82) is 0 Å². The third-order valence-corrected chi connectivity index (χ3v) is 2.77. The summed E-state index contributed by atoms with van der Waals surface area (Å²) >= 11 is 5.86. The summed E-state index contributed by atoms with van der Waals surface area (Å²) in [6.07, 6.45) is 0. The van der Waals surface area contributed by atoms with Crippen LogP contribution in [0.4, 0.5) is 5.69 Å². The van der Waals surface area contributed by atoms with Crippen molar-refractivity contribution in [2.45, 2.75) is 13.0 Å². The lowest BCUT2D eigenvalue weighted by atomic mass is 10.1. The first kappa shape index (κ1) is 13.8. The van der Waals surface area contributed by atoms with Gasteiger partial charge < -0.3 is 15.4 Å². The summed E-state index contributed by atoms with van der Waals surface area (Å²) in [7, 11) is 3.33. The summed E-state index contributed by atoms with van der Waals surface area (Å²) in [4.78, 5) is 13.7. The highest BCUT2D eigenvalue weighted by Gasteiger charge is 2.17. The van der Waals surface area contributed by atoms with E-state index >= 15 is 0 Å². The zero-order chi connectivity index (χ0) is 13.0. The van der Waals surface area contributed by atoms with Crippen LogP contribution in [-0.4, -0.2) is 37.6 Å². The maximum atomic E-state index is 12.1. The van der Waals surface area contributed by atoms with Gasteiger partial charge in [0.1, 0.15) is 0 Å². The van der Waals surface area contributed by atoms with Crippen LogP contribution >= 0.6 is 11.6 Å². The van der Waals surface area contributed by atoms with E-state index in [-0.39, 0.29) is 11.9 Å². The number of benzene rings is 1. The second-order valence-electron chi connectivity index (χ2n) is 3.99. The Morgan fingerprint density at radius 2 is 2.18 bits per heavy atom. The first-order valence-corrected chi connectivity index (χ1v) is 5.65. The number of likely N-dealkylation sites (N-methyl/N-ethyl adjacent to an activating group) is 1. The lowest BCUT2D eigenvalue weighted by molar-refractivity contribution is 0.0633. The molecule has 1 rings (SSSR count). The molecular weight excluding hydrogens is 240 g/mol. The lowest BCUT2D eigenvalue weighted by Crippen LogP contribution is -2.37. The molecule has 0 radical (unpaired) electrons. The minimum absolute atomic E-state index is 0.00675. The summed E-state index contributed by atoms with van der Waals surface area (Å²) < 4.78 is 5.01. The predicted octanol–water partition coefficient (Wildman–Crippen LogP) is 2.03. The van der Waals surface area contributed by atoms with E-state index in [2.05, 4.69) is 0 Å². The molecule has 1 amide bonds. The molecule has 0 aliphatic rings. The van der Waals surface area contributed by atoms with Gasteiger partial charge in [-0.3, -0.25) is 4.79 Å². The van der Waals surface area contributed by atoms with Gasteiger partial charge in [0.05, 0.1) is 12.6 Å². The zero-order valence-corrected chi connectivity index (χ0v) is 11.0. The topological polar surface area (TPSA) is 55.6 Å². The first-order chi connectivity index (χ1) is 7.95. The van der Waals surface area contributed by atoms with E-state index in [1.54, 1.807) is 37.3 Å². The second kappa shape index (κ2) is 5.89. The number of halogens is 1. The number of hydrogen-bond acceptors (Lipinski definition) is 3. The Hall–Kier alpha value is -1.26. The number of carbonyl (C=O) groups is 1. The molecule has 5 heteroatoms. The molecule has 0 aliphatic heterocycles. The van der Waals surface area contributed by atoms with Crippen LogP contribution in [0.15, 0.2) is 18.2 Å². The van der Waals surface area contributed by atoms with E-state index in [4.69, 9.17) is 22.1 Å². The Bertz CT molecular complexity index is 389. The number of carbonyl (C=O) groups excluding carboxylic acids is 1. The van der Waals surface area contributed by atoms with Gasteiger partial charge in [0.2, 0.25) is 0 Å². The van der Waals surface area contributed by atoms with E-state index in [0.717, 1.165) is 0 Å². The van der Waals surface area contributed by atoms with Crippen molar-refractivity contribution in [2.75, 3.05) is 26.5 Å². The van der Waals surface area contributed by atoms with Crippen LogP contribution in [0.3, 0.4) is 0 Å². The van der Waals surface area contributed by atoms with Crippen LogP contribution in [0.2, 0.25) is 5.02 Å². The molecule has 1 atom stereocenters. The number of amides is 1. The Morgan fingerprint density at radius 3 is 2.71 bits per heavy atom. The molecule has 0 aliphatic carbocycles. The monoisotopic (exact) mass is 256 g/mol. The van der Waals surface area contributed by atoms with Gasteiger partial charge in [-0.15, -0.1) is 0 Å². The van der Waals surface area contributed by atoms with Crippen LogP contribution in [-0.2, 0) is 4.74 Å². The number of nitrogens with zero attached hydrogens (tertiary/aromatic N) is 1. The van der Waals surface area contributed by atoms with Gasteiger partial charge in [0, 0.05) is 30.4 Å². The van der Waals surface area contributed by atoms with Gasteiger partial charge in [-0.25, -0.2) is 0 Å². The molecule has 2 N–H and O–H groups in total. The summed E-state index contributed by atoms with van der Waals surface area (Å²) in [6.45, 7) is 2.40. The number of nitrogen functional groups attached to an aromatic ring is 1. The molecule has 0 bridgehead atoms. The molecule has 0 saturated carbocycles. The molecule has 1 unspecified atom stereocenters. The normalized spacial score (nSPS) is 12.2. The fraction of sp³-hybridized carbons (Fsp3) is 0.417. The Morgan fingerprint density at radius 1 is 1.53 bits per heavy atom. The largest absolute Gasteiger partial charge is 0.399 e. The maximum Gasteiger partial charge on any atom is 0.254 e. The molecule has 0 saturated heterocycles. The summed E-state index contributed by atoms with van der Waals surface area (Å²) in [6, 6.07) is 4.82. The van der Waals surface area contributed by atoms with Crippen LogP contribution in [0.1, 0.15) is 17.3 Å². The number of anilines is 1. The molecule has 0 fully saturated rings. The molecular formula is C12H17ClN2O2. The van der Waals surface area contributed by atoms with Gasteiger partial charge >= 0.3 is 0 Å². The van der Waals surface area contributed by atoms with Crippen molar-refractivity contribution >= 4 is 23.2 Å². The lowest BCUT2D eigenvalue weighted by Gasteiger charge is -2.24. The van der Waals surface area contributed by atoms with Gasteiger partial charge in [0.15, 0.2) is 0 Å². The van der Waals surface area contributed by atoms with Gasteiger partial charge in [-0.2, -0.15) is 0 Å². The molecule has 17 heavy (non-hydrogen) atoms. The molecule has 94 valence electrons. The third-order valence-electron chi connectivity index (χ3n) is 2.56. The zero-order valence-electron chi connectivity index (χ0n) is 10.2. The highest BCUT2D eigenvalue weighted by atomic mass is 35.5. The molecule has 0 heterocycles. The van der Waals surface area contributed by atoms with Crippen molar-refractivity contribution in [3.8, 4) is 0 Å². The predicted molar refractivity (Wildman–Crippen MR) is 69.3 cm³/mol. The number of hydrogen-bond donors (Lipinski definition) is 1. The van der Waals surface area contributed by atoms with E-state index in [0.29, 0.717) is 22.9 Å². The van der Waals surface area contributed by atoms with E-state index in [1.165, 1.54) is 0 Å². The number of methoxy groups -OCH3 is 1.